The zero-order valence-electron chi connectivity index (χ0n) is 15.8. The number of carbonyl (C=O) groups is 3. The van der Waals surface area contributed by atoms with Crippen LogP contribution in [0.25, 0.3) is 0 Å². The van der Waals surface area contributed by atoms with Crippen molar-refractivity contribution < 1.29 is 19.1 Å². The Balaban J connectivity index is 1.76. The van der Waals surface area contributed by atoms with E-state index in [4.69, 9.17) is 4.74 Å². The van der Waals surface area contributed by atoms with Crippen molar-refractivity contribution in [3.63, 3.8) is 0 Å². The summed E-state index contributed by atoms with van der Waals surface area (Å²) in [5, 5.41) is 0. The van der Waals surface area contributed by atoms with Gasteiger partial charge in [0.25, 0.3) is 0 Å². The number of carbonyl (C=O) groups excluding carboxylic acids is 3. The summed E-state index contributed by atoms with van der Waals surface area (Å²) in [7, 11) is 0. The summed E-state index contributed by atoms with van der Waals surface area (Å²) >= 11 is 0. The molecule has 0 aromatic heterocycles. The lowest BCUT2D eigenvalue weighted by molar-refractivity contribution is -0.136. The molecule has 0 unspecified atom stereocenters. The first-order valence-electron chi connectivity index (χ1n) is 9.30. The monoisotopic (exact) mass is 353 g/mol. The van der Waals surface area contributed by atoms with Crippen LogP contribution in [0, 0.1) is 0 Å². The van der Waals surface area contributed by atoms with Crippen LogP contribution >= 0.6 is 0 Å². The fourth-order valence-corrected chi connectivity index (χ4v) is 3.17. The molecule has 0 aromatic rings. The van der Waals surface area contributed by atoms with Crippen LogP contribution in [0.15, 0.2) is 0 Å². The predicted molar refractivity (Wildman–Crippen MR) is 94.1 cm³/mol. The molecule has 0 atom stereocenters. The van der Waals surface area contributed by atoms with Crippen LogP contribution in [0.3, 0.4) is 0 Å². The zero-order valence-corrected chi connectivity index (χ0v) is 15.8. The standard InChI is InChI=1S/C18H31N3O4/c1-18(2,3)25-17(24)21-12-6-11-20(13-14-21)16(23)8-7-15(22)19-9-4-5-10-19/h4-14H2,1-3H3. The Morgan fingerprint density at radius 2 is 1.16 bits per heavy atom. The molecule has 0 saturated carbocycles. The van der Waals surface area contributed by atoms with E-state index in [0.717, 1.165) is 32.4 Å². The van der Waals surface area contributed by atoms with Crippen molar-refractivity contribution in [3.8, 4) is 0 Å². The van der Waals surface area contributed by atoms with Crippen molar-refractivity contribution in [2.45, 2.75) is 58.5 Å². The van der Waals surface area contributed by atoms with Crippen molar-refractivity contribution in [2.24, 2.45) is 0 Å². The smallest absolute Gasteiger partial charge is 0.410 e. The molecule has 2 fully saturated rings. The van der Waals surface area contributed by atoms with Gasteiger partial charge in [-0.2, -0.15) is 0 Å². The Hall–Kier alpha value is -1.79. The Kier molecular flexibility index (Phi) is 6.67. The molecule has 0 aromatic carbocycles. The van der Waals surface area contributed by atoms with Gasteiger partial charge in [-0.3, -0.25) is 9.59 Å². The van der Waals surface area contributed by atoms with E-state index in [2.05, 4.69) is 0 Å². The van der Waals surface area contributed by atoms with Gasteiger partial charge >= 0.3 is 6.09 Å². The van der Waals surface area contributed by atoms with Gasteiger partial charge in [-0.25, -0.2) is 4.79 Å². The van der Waals surface area contributed by atoms with E-state index >= 15 is 0 Å². The van der Waals surface area contributed by atoms with Crippen LogP contribution in [-0.2, 0) is 14.3 Å². The molecule has 2 aliphatic rings. The number of hydrogen-bond donors (Lipinski definition) is 0. The van der Waals surface area contributed by atoms with Crippen molar-refractivity contribution in [3.05, 3.63) is 0 Å². The Labute approximate surface area is 150 Å². The second kappa shape index (κ2) is 8.54. The molecule has 2 aliphatic heterocycles. The van der Waals surface area contributed by atoms with Gasteiger partial charge in [0.1, 0.15) is 5.60 Å². The van der Waals surface area contributed by atoms with Gasteiger partial charge in [-0.05, 0) is 40.0 Å². The first kappa shape index (κ1) is 19.5. The van der Waals surface area contributed by atoms with Crippen LogP contribution in [-0.4, -0.2) is 77.5 Å². The summed E-state index contributed by atoms with van der Waals surface area (Å²) in [6.45, 7) is 9.35. The van der Waals surface area contributed by atoms with Crippen LogP contribution in [0.5, 0.6) is 0 Å². The minimum absolute atomic E-state index is 0.00131. The molecule has 142 valence electrons. The highest BCUT2D eigenvalue weighted by molar-refractivity contribution is 5.84. The minimum Gasteiger partial charge on any atom is -0.444 e. The fourth-order valence-electron chi connectivity index (χ4n) is 3.17. The summed E-state index contributed by atoms with van der Waals surface area (Å²) in [6, 6.07) is 0. The summed E-state index contributed by atoms with van der Waals surface area (Å²) in [5.74, 6) is 0.0784. The van der Waals surface area contributed by atoms with Crippen molar-refractivity contribution in [2.75, 3.05) is 39.3 Å². The Morgan fingerprint density at radius 3 is 1.72 bits per heavy atom. The predicted octanol–water partition coefficient (Wildman–Crippen LogP) is 1.86. The lowest BCUT2D eigenvalue weighted by Crippen LogP contribution is -2.40. The van der Waals surface area contributed by atoms with E-state index in [0.29, 0.717) is 26.2 Å². The number of amides is 3. The maximum absolute atomic E-state index is 12.4. The fraction of sp³-hybridized carbons (Fsp3) is 0.833. The average Bonchev–Trinajstić information content (AvgIpc) is 2.95. The highest BCUT2D eigenvalue weighted by Crippen LogP contribution is 2.14. The molecule has 0 bridgehead atoms. The third kappa shape index (κ3) is 6.21. The molecule has 0 N–H and O–H groups in total. The molecule has 2 saturated heterocycles. The van der Waals surface area contributed by atoms with E-state index in [9.17, 15) is 14.4 Å². The summed E-state index contributed by atoms with van der Waals surface area (Å²) in [6.07, 6.45) is 3.06. The van der Waals surface area contributed by atoms with Gasteiger partial charge < -0.3 is 19.4 Å². The number of rotatable bonds is 3. The van der Waals surface area contributed by atoms with Gasteiger partial charge in [0.15, 0.2) is 0 Å². The lowest BCUT2D eigenvalue weighted by atomic mass is 10.2. The van der Waals surface area contributed by atoms with E-state index in [1.807, 2.05) is 25.7 Å². The van der Waals surface area contributed by atoms with Crippen molar-refractivity contribution >= 4 is 17.9 Å². The molecular weight excluding hydrogens is 322 g/mol. The topological polar surface area (TPSA) is 70.2 Å². The van der Waals surface area contributed by atoms with Gasteiger partial charge in [-0.15, -0.1) is 0 Å². The maximum Gasteiger partial charge on any atom is 0.410 e. The van der Waals surface area contributed by atoms with Crippen LogP contribution < -0.4 is 0 Å². The summed E-state index contributed by atoms with van der Waals surface area (Å²) in [5.41, 5.74) is -0.519. The molecule has 3 amide bonds. The number of ether oxygens (including phenoxy) is 1. The highest BCUT2D eigenvalue weighted by atomic mass is 16.6. The van der Waals surface area contributed by atoms with E-state index in [-0.39, 0.29) is 30.7 Å². The SMILES string of the molecule is CC(C)(C)OC(=O)N1CCCN(C(=O)CCC(=O)N2CCCC2)CC1. The molecule has 2 heterocycles. The largest absolute Gasteiger partial charge is 0.444 e. The molecular formula is C18H31N3O4. The van der Waals surface area contributed by atoms with E-state index < -0.39 is 5.60 Å². The van der Waals surface area contributed by atoms with Crippen LogP contribution in [0.4, 0.5) is 4.79 Å². The zero-order chi connectivity index (χ0) is 18.4. The first-order valence-corrected chi connectivity index (χ1v) is 9.30. The third-order valence-electron chi connectivity index (χ3n) is 4.51. The number of likely N-dealkylation sites (tertiary alicyclic amines) is 1. The Bertz CT molecular complexity index is 495. The van der Waals surface area contributed by atoms with E-state index in [1.165, 1.54) is 0 Å². The number of nitrogens with zero attached hydrogens (tertiary/aromatic N) is 3. The summed E-state index contributed by atoms with van der Waals surface area (Å²) in [4.78, 5) is 41.9. The van der Waals surface area contributed by atoms with Crippen molar-refractivity contribution in [1.29, 1.82) is 0 Å². The van der Waals surface area contributed by atoms with Gasteiger partial charge in [0, 0.05) is 52.1 Å². The second-order valence-corrected chi connectivity index (χ2v) is 7.79. The van der Waals surface area contributed by atoms with Crippen LogP contribution in [0.1, 0.15) is 52.9 Å². The van der Waals surface area contributed by atoms with Gasteiger partial charge in [0.05, 0.1) is 0 Å². The molecule has 0 radical (unpaired) electrons. The molecule has 2 rings (SSSR count). The molecule has 0 spiro atoms. The van der Waals surface area contributed by atoms with E-state index in [1.54, 1.807) is 9.80 Å². The quantitative estimate of drug-likeness (QED) is 0.776. The normalized spacial score (nSPS) is 18.9. The minimum atomic E-state index is -0.519. The summed E-state index contributed by atoms with van der Waals surface area (Å²) < 4.78 is 5.40. The molecule has 0 aliphatic carbocycles. The van der Waals surface area contributed by atoms with Crippen LogP contribution in [0.2, 0.25) is 0 Å². The molecule has 25 heavy (non-hydrogen) atoms. The van der Waals surface area contributed by atoms with Gasteiger partial charge in [0.2, 0.25) is 11.8 Å². The van der Waals surface area contributed by atoms with Crippen molar-refractivity contribution in [1.82, 2.24) is 14.7 Å². The average molecular weight is 353 g/mol. The second-order valence-electron chi connectivity index (χ2n) is 7.79. The maximum atomic E-state index is 12.4. The third-order valence-corrected chi connectivity index (χ3v) is 4.51. The lowest BCUT2D eigenvalue weighted by Gasteiger charge is -2.26. The highest BCUT2D eigenvalue weighted by Gasteiger charge is 2.26. The Morgan fingerprint density at radius 1 is 0.720 bits per heavy atom. The molecule has 7 heteroatoms. The first-order chi connectivity index (χ1) is 11.8. The molecule has 7 nitrogen and oxygen atoms in total. The van der Waals surface area contributed by atoms with Gasteiger partial charge in [-0.1, -0.05) is 0 Å². The number of hydrogen-bond acceptors (Lipinski definition) is 4.